The zero-order valence-corrected chi connectivity index (χ0v) is 8.82. The second kappa shape index (κ2) is 4.59. The third kappa shape index (κ3) is 2.10. The number of nitro benzene ring substituents is 1. The van der Waals surface area contributed by atoms with Crippen molar-refractivity contribution >= 4 is 22.5 Å². The van der Waals surface area contributed by atoms with E-state index in [1.165, 1.54) is 7.11 Å². The number of methoxy groups -OCH3 is 1. The minimum absolute atomic E-state index is 0.0272. The molecule has 0 unspecified atom stereocenters. The van der Waals surface area contributed by atoms with Crippen LogP contribution in [0.4, 0.5) is 5.69 Å². The number of benzene rings is 1. The van der Waals surface area contributed by atoms with E-state index < -0.39 is 15.9 Å². The second-order valence-corrected chi connectivity index (χ2v) is 3.06. The first-order chi connectivity index (χ1) is 7.51. The molecule has 0 amide bonds. The van der Waals surface area contributed by atoms with Gasteiger partial charge < -0.3 is 4.74 Å². The summed E-state index contributed by atoms with van der Waals surface area (Å²) in [6, 6.07) is 3.79. The molecule has 0 spiro atoms. The lowest BCUT2D eigenvalue weighted by atomic mass is 10.1. The molecule has 0 aliphatic carbocycles. The number of carbonyl (C=O) groups excluding carboxylic acids is 1. The van der Waals surface area contributed by atoms with Crippen molar-refractivity contribution < 1.29 is 14.5 Å². The maximum Gasteiger partial charge on any atom is 0.328 e. The first-order valence-corrected chi connectivity index (χ1v) is 4.35. The quantitative estimate of drug-likeness (QED) is 0.457. The van der Waals surface area contributed by atoms with Crippen molar-refractivity contribution in [3.8, 4) is 11.8 Å². The van der Waals surface area contributed by atoms with Crippen LogP contribution in [-0.4, -0.2) is 17.3 Å². The second-order valence-electron chi connectivity index (χ2n) is 2.72. The highest BCUT2D eigenvalue weighted by Crippen LogP contribution is 2.32. The van der Waals surface area contributed by atoms with Gasteiger partial charge in [0.25, 0.3) is 5.24 Å². The summed E-state index contributed by atoms with van der Waals surface area (Å²) in [7, 11) is 1.20. The molecular formula is C9H5ClN2O4. The van der Waals surface area contributed by atoms with Crippen molar-refractivity contribution in [3.05, 3.63) is 33.4 Å². The Morgan fingerprint density at radius 2 is 2.25 bits per heavy atom. The summed E-state index contributed by atoms with van der Waals surface area (Å²) >= 11 is 5.22. The number of nitro groups is 1. The molecule has 0 N–H and O–H groups in total. The van der Waals surface area contributed by atoms with Crippen LogP contribution in [0.2, 0.25) is 0 Å². The number of carbonyl (C=O) groups is 1. The van der Waals surface area contributed by atoms with Crippen molar-refractivity contribution in [1.29, 1.82) is 5.26 Å². The largest absolute Gasteiger partial charge is 0.490 e. The van der Waals surface area contributed by atoms with Gasteiger partial charge in [-0.25, -0.2) is 0 Å². The number of hydrogen-bond acceptors (Lipinski definition) is 5. The average Bonchev–Trinajstić information content (AvgIpc) is 2.26. The molecule has 1 aromatic carbocycles. The molecule has 1 rings (SSSR count). The van der Waals surface area contributed by atoms with E-state index in [4.69, 9.17) is 21.6 Å². The molecule has 1 aromatic rings. The van der Waals surface area contributed by atoms with Crippen LogP contribution < -0.4 is 4.74 Å². The summed E-state index contributed by atoms with van der Waals surface area (Å²) in [5.41, 5.74) is -0.777. The van der Waals surface area contributed by atoms with E-state index in [2.05, 4.69) is 0 Å². The van der Waals surface area contributed by atoms with Crippen LogP contribution in [0.15, 0.2) is 12.1 Å². The zero-order valence-electron chi connectivity index (χ0n) is 8.06. The molecule has 82 valence electrons. The highest BCUT2D eigenvalue weighted by molar-refractivity contribution is 6.67. The van der Waals surface area contributed by atoms with Gasteiger partial charge in [0.1, 0.15) is 11.6 Å². The molecule has 0 bridgehead atoms. The summed E-state index contributed by atoms with van der Waals surface area (Å²) in [5.74, 6) is -0.173. The predicted molar refractivity (Wildman–Crippen MR) is 54.5 cm³/mol. The van der Waals surface area contributed by atoms with Gasteiger partial charge in [0.15, 0.2) is 5.75 Å². The van der Waals surface area contributed by atoms with Gasteiger partial charge in [-0.05, 0) is 23.7 Å². The van der Waals surface area contributed by atoms with Gasteiger partial charge in [0.2, 0.25) is 0 Å². The molecule has 0 heterocycles. The van der Waals surface area contributed by atoms with Crippen LogP contribution in [0.5, 0.6) is 5.75 Å². The molecule has 0 aromatic heterocycles. The van der Waals surface area contributed by atoms with Crippen LogP contribution in [0.3, 0.4) is 0 Å². The van der Waals surface area contributed by atoms with Crippen molar-refractivity contribution in [1.82, 2.24) is 0 Å². The molecule has 0 saturated heterocycles. The standard InChI is InChI=1S/C9H5ClN2O4/c1-16-7-3-5(9(10)13)2-6(4-11)8(7)12(14)15/h2-3H,1H3. The van der Waals surface area contributed by atoms with Gasteiger partial charge in [-0.2, -0.15) is 5.26 Å². The molecule has 0 saturated carbocycles. The molecule has 7 heteroatoms. The zero-order chi connectivity index (χ0) is 12.3. The summed E-state index contributed by atoms with van der Waals surface area (Å²) in [6.45, 7) is 0. The molecular weight excluding hydrogens is 236 g/mol. The smallest absolute Gasteiger partial charge is 0.328 e. The van der Waals surface area contributed by atoms with Crippen molar-refractivity contribution in [2.24, 2.45) is 0 Å². The Labute approximate surface area is 95.2 Å². The molecule has 16 heavy (non-hydrogen) atoms. The van der Waals surface area contributed by atoms with E-state index >= 15 is 0 Å². The van der Waals surface area contributed by atoms with Crippen molar-refractivity contribution in [2.75, 3.05) is 7.11 Å². The fourth-order valence-corrected chi connectivity index (χ4v) is 1.26. The Hall–Kier alpha value is -2.13. The Bertz CT molecular complexity index is 507. The Morgan fingerprint density at radius 3 is 2.62 bits per heavy atom. The fraction of sp³-hybridized carbons (Fsp3) is 0.111. The Morgan fingerprint density at radius 1 is 1.62 bits per heavy atom. The van der Waals surface area contributed by atoms with Gasteiger partial charge in [-0.1, -0.05) is 0 Å². The average molecular weight is 241 g/mol. The van der Waals surface area contributed by atoms with Crippen LogP contribution in [-0.2, 0) is 0 Å². The van der Waals surface area contributed by atoms with Crippen LogP contribution in [0, 0.1) is 21.4 Å². The van der Waals surface area contributed by atoms with E-state index in [1.807, 2.05) is 0 Å². The SMILES string of the molecule is COc1cc(C(=O)Cl)cc(C#N)c1[N+](=O)[O-]. The van der Waals surface area contributed by atoms with Gasteiger partial charge >= 0.3 is 5.69 Å². The Kier molecular flexibility index (Phi) is 3.43. The lowest BCUT2D eigenvalue weighted by Gasteiger charge is -2.04. The molecule has 0 radical (unpaired) electrons. The van der Waals surface area contributed by atoms with Gasteiger partial charge in [0, 0.05) is 5.56 Å². The number of nitriles is 1. The number of rotatable bonds is 3. The molecule has 0 fully saturated rings. The van der Waals surface area contributed by atoms with Gasteiger partial charge in [-0.3, -0.25) is 14.9 Å². The van der Waals surface area contributed by atoms with Crippen molar-refractivity contribution in [3.63, 3.8) is 0 Å². The monoisotopic (exact) mass is 240 g/mol. The predicted octanol–water partition coefficient (Wildman–Crippen LogP) is 1.85. The van der Waals surface area contributed by atoms with E-state index in [9.17, 15) is 14.9 Å². The third-order valence-corrected chi connectivity index (χ3v) is 2.04. The molecule has 0 atom stereocenters. The third-order valence-electron chi connectivity index (χ3n) is 1.82. The van der Waals surface area contributed by atoms with Crippen LogP contribution in [0.25, 0.3) is 0 Å². The van der Waals surface area contributed by atoms with E-state index in [0.29, 0.717) is 0 Å². The topological polar surface area (TPSA) is 93.2 Å². The summed E-state index contributed by atoms with van der Waals surface area (Å²) in [4.78, 5) is 20.8. The van der Waals surface area contributed by atoms with Crippen LogP contribution in [0.1, 0.15) is 15.9 Å². The summed E-state index contributed by atoms with van der Waals surface area (Å²) in [5, 5.41) is 18.6. The lowest BCUT2D eigenvalue weighted by molar-refractivity contribution is -0.386. The van der Waals surface area contributed by atoms with Gasteiger partial charge in [0.05, 0.1) is 12.0 Å². The van der Waals surface area contributed by atoms with E-state index in [0.717, 1.165) is 12.1 Å². The van der Waals surface area contributed by atoms with E-state index in [1.54, 1.807) is 6.07 Å². The maximum absolute atomic E-state index is 10.9. The minimum Gasteiger partial charge on any atom is -0.490 e. The summed E-state index contributed by atoms with van der Waals surface area (Å²) in [6.07, 6.45) is 0. The first kappa shape index (κ1) is 11.9. The first-order valence-electron chi connectivity index (χ1n) is 3.97. The molecule has 0 aliphatic heterocycles. The molecule has 0 aliphatic rings. The van der Waals surface area contributed by atoms with Gasteiger partial charge in [-0.15, -0.1) is 0 Å². The lowest BCUT2D eigenvalue weighted by Crippen LogP contribution is -2.00. The number of nitrogens with zero attached hydrogens (tertiary/aromatic N) is 2. The summed E-state index contributed by atoms with van der Waals surface area (Å²) < 4.78 is 4.74. The highest BCUT2D eigenvalue weighted by Gasteiger charge is 2.23. The number of hydrogen-bond donors (Lipinski definition) is 0. The van der Waals surface area contributed by atoms with Crippen molar-refractivity contribution in [2.45, 2.75) is 0 Å². The maximum atomic E-state index is 10.9. The normalized spacial score (nSPS) is 9.31. The minimum atomic E-state index is -0.815. The molecule has 6 nitrogen and oxygen atoms in total. The highest BCUT2D eigenvalue weighted by atomic mass is 35.5. The van der Waals surface area contributed by atoms with E-state index in [-0.39, 0.29) is 16.9 Å². The fourth-order valence-electron chi connectivity index (χ4n) is 1.15. The number of halogens is 1. The number of ether oxygens (including phenoxy) is 1. The Balaban J connectivity index is 3.57. The van der Waals surface area contributed by atoms with Crippen LogP contribution >= 0.6 is 11.6 Å².